The first-order valence-electron chi connectivity index (χ1n) is 9.50. The molecule has 0 bridgehead atoms. The lowest BCUT2D eigenvalue weighted by molar-refractivity contribution is 0.396. The van der Waals surface area contributed by atoms with E-state index in [0.717, 1.165) is 0 Å². The predicted octanol–water partition coefficient (Wildman–Crippen LogP) is 3.18. The highest BCUT2D eigenvalue weighted by molar-refractivity contribution is 7.84. The fraction of sp³-hybridized carbons (Fsp3) is 0.318. The van der Waals surface area contributed by atoms with Crippen LogP contribution in [0.1, 0.15) is 43.2 Å². The van der Waals surface area contributed by atoms with Crippen LogP contribution < -0.4 is 9.46 Å². The molecule has 0 aliphatic carbocycles. The largest absolute Gasteiger partial charge is 0.481 e. The summed E-state index contributed by atoms with van der Waals surface area (Å²) in [5.74, 6) is -0.262. The second kappa shape index (κ2) is 8.57. The Balaban J connectivity index is 2.38. The Kier molecular flexibility index (Phi) is 6.25. The lowest BCUT2D eigenvalue weighted by Gasteiger charge is -2.37. The molecular formula is C22H24FN5O2S. The number of ether oxygens (including phenoxy) is 1. The molecule has 2 unspecified atom stereocenters. The van der Waals surface area contributed by atoms with Crippen molar-refractivity contribution in [3.63, 3.8) is 0 Å². The van der Waals surface area contributed by atoms with Crippen LogP contribution in [0.4, 0.5) is 4.39 Å². The van der Waals surface area contributed by atoms with E-state index in [-0.39, 0.29) is 5.56 Å². The second-order valence-electron chi connectivity index (χ2n) is 8.02. The lowest BCUT2D eigenvalue weighted by atomic mass is 9.81. The van der Waals surface area contributed by atoms with Gasteiger partial charge < -0.3 is 9.30 Å². The summed E-state index contributed by atoms with van der Waals surface area (Å²) in [4.78, 5) is 8.55. The van der Waals surface area contributed by atoms with Gasteiger partial charge in [-0.2, -0.15) is 5.26 Å². The highest BCUT2D eigenvalue weighted by atomic mass is 32.2. The van der Waals surface area contributed by atoms with Crippen molar-refractivity contribution >= 4 is 11.0 Å². The van der Waals surface area contributed by atoms with Crippen molar-refractivity contribution in [1.29, 1.82) is 5.26 Å². The average Bonchev–Trinajstić information content (AvgIpc) is 3.17. The van der Waals surface area contributed by atoms with Gasteiger partial charge in [-0.25, -0.2) is 23.3 Å². The van der Waals surface area contributed by atoms with E-state index < -0.39 is 27.1 Å². The number of hydrogen-bond donors (Lipinski definition) is 1. The SMILES string of the molecule is COc1ccc(C(NS(=O)C(C)(C)C)(c2ccc(C#N)c(F)c2)c2cncn2C)cn1. The molecule has 2 heterocycles. The quantitative estimate of drug-likeness (QED) is 0.634. The summed E-state index contributed by atoms with van der Waals surface area (Å²) in [6.07, 6.45) is 4.84. The van der Waals surface area contributed by atoms with Gasteiger partial charge in [-0.1, -0.05) is 6.07 Å². The van der Waals surface area contributed by atoms with Crippen molar-refractivity contribution in [3.05, 3.63) is 77.3 Å². The van der Waals surface area contributed by atoms with E-state index in [0.29, 0.717) is 22.7 Å². The number of imidazole rings is 1. The highest BCUT2D eigenvalue weighted by Crippen LogP contribution is 2.38. The molecule has 0 fully saturated rings. The number of nitriles is 1. The minimum atomic E-state index is -1.56. The lowest BCUT2D eigenvalue weighted by Crippen LogP contribution is -2.50. The monoisotopic (exact) mass is 441 g/mol. The number of rotatable bonds is 6. The summed E-state index contributed by atoms with van der Waals surface area (Å²) in [5.41, 5.74) is 0.349. The van der Waals surface area contributed by atoms with Crippen LogP contribution in [0.25, 0.3) is 0 Å². The van der Waals surface area contributed by atoms with Gasteiger partial charge in [-0.15, -0.1) is 0 Å². The van der Waals surface area contributed by atoms with Crippen molar-refractivity contribution < 1.29 is 13.3 Å². The van der Waals surface area contributed by atoms with Gasteiger partial charge in [0.25, 0.3) is 0 Å². The van der Waals surface area contributed by atoms with Gasteiger partial charge in [0.1, 0.15) is 17.4 Å². The molecule has 1 aromatic carbocycles. The molecule has 7 nitrogen and oxygen atoms in total. The van der Waals surface area contributed by atoms with Crippen LogP contribution in [0.2, 0.25) is 0 Å². The maximum Gasteiger partial charge on any atom is 0.212 e. The van der Waals surface area contributed by atoms with Gasteiger partial charge in [0, 0.05) is 24.9 Å². The number of aromatic nitrogens is 3. The molecular weight excluding hydrogens is 417 g/mol. The van der Waals surface area contributed by atoms with Crippen LogP contribution in [0.3, 0.4) is 0 Å². The zero-order chi connectivity index (χ0) is 22.8. The highest BCUT2D eigenvalue weighted by Gasteiger charge is 2.43. The van der Waals surface area contributed by atoms with Gasteiger partial charge in [0.05, 0.1) is 46.6 Å². The maximum atomic E-state index is 14.7. The van der Waals surface area contributed by atoms with Crippen molar-refractivity contribution in [1.82, 2.24) is 19.3 Å². The van der Waals surface area contributed by atoms with Crippen molar-refractivity contribution in [2.75, 3.05) is 7.11 Å². The summed E-state index contributed by atoms with van der Waals surface area (Å²) in [7, 11) is 1.76. The number of nitrogens with one attached hydrogen (secondary N) is 1. The summed E-state index contributed by atoms with van der Waals surface area (Å²) in [5, 5.41) is 9.17. The van der Waals surface area contributed by atoms with Crippen molar-refractivity contribution in [3.8, 4) is 11.9 Å². The van der Waals surface area contributed by atoms with Gasteiger partial charge in [0.2, 0.25) is 5.88 Å². The number of benzene rings is 1. The van der Waals surface area contributed by atoms with E-state index in [4.69, 9.17) is 4.74 Å². The van der Waals surface area contributed by atoms with E-state index in [2.05, 4.69) is 14.7 Å². The summed E-state index contributed by atoms with van der Waals surface area (Å²) < 4.78 is 37.7. The molecule has 2 aromatic heterocycles. The molecule has 3 rings (SSSR count). The fourth-order valence-corrected chi connectivity index (χ4v) is 4.13. The maximum absolute atomic E-state index is 14.7. The summed E-state index contributed by atoms with van der Waals surface area (Å²) >= 11 is 0. The van der Waals surface area contributed by atoms with E-state index in [9.17, 15) is 13.9 Å². The van der Waals surface area contributed by atoms with E-state index in [1.165, 1.54) is 19.2 Å². The third kappa shape index (κ3) is 4.22. The molecule has 0 aliphatic heterocycles. The summed E-state index contributed by atoms with van der Waals surface area (Å²) in [6, 6.07) is 9.64. The first kappa shape index (κ1) is 22.6. The van der Waals surface area contributed by atoms with Crippen LogP contribution in [-0.4, -0.2) is 30.6 Å². The third-order valence-electron chi connectivity index (χ3n) is 4.90. The molecule has 9 heteroatoms. The number of nitrogens with zero attached hydrogens (tertiary/aromatic N) is 4. The van der Waals surface area contributed by atoms with Crippen molar-refractivity contribution in [2.45, 2.75) is 31.1 Å². The first-order chi connectivity index (χ1) is 14.6. The number of hydrogen-bond acceptors (Lipinski definition) is 5. The molecule has 0 saturated carbocycles. The Morgan fingerprint density at radius 2 is 1.90 bits per heavy atom. The van der Waals surface area contributed by atoms with Crippen LogP contribution in [-0.2, 0) is 23.6 Å². The molecule has 3 aromatic rings. The van der Waals surface area contributed by atoms with Crippen LogP contribution in [0, 0.1) is 17.1 Å². The van der Waals surface area contributed by atoms with Crippen molar-refractivity contribution in [2.24, 2.45) is 7.05 Å². The Morgan fingerprint density at radius 3 is 2.39 bits per heavy atom. The van der Waals surface area contributed by atoms with Crippen LogP contribution >= 0.6 is 0 Å². The molecule has 31 heavy (non-hydrogen) atoms. The fourth-order valence-electron chi connectivity index (χ4n) is 3.21. The van der Waals surface area contributed by atoms with Gasteiger partial charge in [-0.3, -0.25) is 0 Å². The third-order valence-corrected chi connectivity index (χ3v) is 6.51. The van der Waals surface area contributed by atoms with Gasteiger partial charge in [-0.05, 0) is 44.5 Å². The Labute approximate surface area is 183 Å². The molecule has 0 radical (unpaired) electrons. The Hall–Kier alpha value is -3.09. The molecule has 0 saturated heterocycles. The van der Waals surface area contributed by atoms with Crippen LogP contribution in [0.15, 0.2) is 49.1 Å². The molecule has 0 amide bonds. The van der Waals surface area contributed by atoms with Gasteiger partial charge >= 0.3 is 0 Å². The molecule has 0 spiro atoms. The van der Waals surface area contributed by atoms with E-state index >= 15 is 0 Å². The number of aryl methyl sites for hydroxylation is 1. The summed E-state index contributed by atoms with van der Waals surface area (Å²) in [6.45, 7) is 5.53. The van der Waals surface area contributed by atoms with Gasteiger partial charge in [0.15, 0.2) is 0 Å². The topological polar surface area (TPSA) is 92.8 Å². The molecule has 2 atom stereocenters. The minimum Gasteiger partial charge on any atom is -0.481 e. The van der Waals surface area contributed by atoms with Crippen LogP contribution in [0.5, 0.6) is 5.88 Å². The molecule has 162 valence electrons. The zero-order valence-electron chi connectivity index (χ0n) is 18.0. The standard InChI is InChI=1S/C22H24FN5O2S/c1-21(2,3)31(29)27-22(19-13-25-14-28(19)4,17-8-9-20(30-5)26-12-17)16-7-6-15(11-24)18(23)10-16/h6-10,12-14,27H,1-5H3. The Morgan fingerprint density at radius 1 is 1.19 bits per heavy atom. The molecule has 0 aliphatic rings. The minimum absolute atomic E-state index is 0.0764. The number of halogens is 1. The first-order valence-corrected chi connectivity index (χ1v) is 10.7. The van der Waals surface area contributed by atoms with E-state index in [1.807, 2.05) is 26.8 Å². The average molecular weight is 442 g/mol. The number of methoxy groups -OCH3 is 1. The normalized spacial score (nSPS) is 14.5. The second-order valence-corrected chi connectivity index (χ2v) is 9.98. The zero-order valence-corrected chi connectivity index (χ0v) is 18.8. The molecule has 1 N–H and O–H groups in total. The Bertz CT molecular complexity index is 1150. The van der Waals surface area contributed by atoms with E-state index in [1.54, 1.807) is 48.5 Å². The number of pyridine rings is 1. The predicted molar refractivity (Wildman–Crippen MR) is 116 cm³/mol. The smallest absolute Gasteiger partial charge is 0.212 e.